The Morgan fingerprint density at radius 3 is 2.17 bits per heavy atom. The summed E-state index contributed by atoms with van der Waals surface area (Å²) in [6.07, 6.45) is 0.639. The van der Waals surface area contributed by atoms with Crippen LogP contribution in [0.5, 0.6) is 11.5 Å². The van der Waals surface area contributed by atoms with Crippen LogP contribution in [0.3, 0.4) is 0 Å². The van der Waals surface area contributed by atoms with Gasteiger partial charge in [-0.1, -0.05) is 30.3 Å². The highest BCUT2D eigenvalue weighted by Gasteiger charge is 2.12. The summed E-state index contributed by atoms with van der Waals surface area (Å²) in [5, 5.41) is 9.23. The summed E-state index contributed by atoms with van der Waals surface area (Å²) in [6, 6.07) is 14.8. The summed E-state index contributed by atoms with van der Waals surface area (Å²) in [4.78, 5) is 11.3. The first-order valence-electron chi connectivity index (χ1n) is 7.69. The highest BCUT2D eigenvalue weighted by atomic mass is 16.5. The minimum Gasteiger partial charge on any atom is -0.491 e. The van der Waals surface area contributed by atoms with Crippen molar-refractivity contribution < 1.29 is 19.4 Å². The summed E-state index contributed by atoms with van der Waals surface area (Å²) in [6.45, 7) is 5.75. The number of hydrogen-bond acceptors (Lipinski definition) is 3. The van der Waals surface area contributed by atoms with Gasteiger partial charge in [0.1, 0.15) is 11.5 Å². The van der Waals surface area contributed by atoms with E-state index in [2.05, 4.69) is 0 Å². The molecule has 0 unspecified atom stereocenters. The molecular formula is C19H22O4. The molecule has 0 aromatic heterocycles. The predicted molar refractivity (Wildman–Crippen MR) is 89.4 cm³/mol. The molecule has 0 saturated heterocycles. The Balaban J connectivity index is 2.14. The van der Waals surface area contributed by atoms with Gasteiger partial charge in [-0.25, -0.2) is 4.79 Å². The second-order valence-corrected chi connectivity index (χ2v) is 5.78. The second kappa shape index (κ2) is 7.68. The van der Waals surface area contributed by atoms with E-state index in [-0.39, 0.29) is 17.8 Å². The van der Waals surface area contributed by atoms with Crippen LogP contribution in [-0.2, 0) is 6.42 Å². The van der Waals surface area contributed by atoms with Crippen molar-refractivity contribution in [2.75, 3.05) is 0 Å². The molecule has 0 aliphatic carbocycles. The minimum atomic E-state index is -1.00. The molecule has 0 aliphatic rings. The van der Waals surface area contributed by atoms with E-state index in [1.54, 1.807) is 6.07 Å². The van der Waals surface area contributed by atoms with Gasteiger partial charge in [0.2, 0.25) is 0 Å². The van der Waals surface area contributed by atoms with E-state index in [0.717, 1.165) is 6.42 Å². The minimum absolute atomic E-state index is 0.0337. The second-order valence-electron chi connectivity index (χ2n) is 5.78. The van der Waals surface area contributed by atoms with Crippen molar-refractivity contribution in [3.8, 4) is 11.5 Å². The lowest BCUT2D eigenvalue weighted by Crippen LogP contribution is -2.15. The standard InChI is InChI=1S/C19H22O4/c1-13(2)22-17-10-16(19(20)21)11-18(12-17)23-14(3)9-15-7-5-4-6-8-15/h4-8,10-14H,9H2,1-3H3,(H,20,21)/t14-/m0/s1. The van der Waals surface area contributed by atoms with Gasteiger partial charge < -0.3 is 14.6 Å². The van der Waals surface area contributed by atoms with Gasteiger partial charge in [-0.3, -0.25) is 0 Å². The lowest BCUT2D eigenvalue weighted by atomic mass is 10.1. The fourth-order valence-electron chi connectivity index (χ4n) is 2.32. The Kier molecular flexibility index (Phi) is 5.63. The SMILES string of the molecule is CC(C)Oc1cc(O[C@@H](C)Cc2ccccc2)cc(C(=O)O)c1. The maximum absolute atomic E-state index is 11.3. The predicted octanol–water partition coefficient (Wildman–Crippen LogP) is 4.18. The highest BCUT2D eigenvalue weighted by Crippen LogP contribution is 2.25. The number of ether oxygens (including phenoxy) is 2. The van der Waals surface area contributed by atoms with E-state index in [4.69, 9.17) is 9.47 Å². The fourth-order valence-corrected chi connectivity index (χ4v) is 2.32. The quantitative estimate of drug-likeness (QED) is 0.833. The Hall–Kier alpha value is -2.49. The number of carboxylic acids is 1. The van der Waals surface area contributed by atoms with Crippen LogP contribution in [0.4, 0.5) is 0 Å². The molecule has 1 atom stereocenters. The van der Waals surface area contributed by atoms with Gasteiger partial charge in [-0.15, -0.1) is 0 Å². The van der Waals surface area contributed by atoms with Crippen molar-refractivity contribution in [3.63, 3.8) is 0 Å². The van der Waals surface area contributed by atoms with Crippen molar-refractivity contribution >= 4 is 5.97 Å². The van der Waals surface area contributed by atoms with Crippen LogP contribution in [-0.4, -0.2) is 23.3 Å². The number of carboxylic acid groups (broad SMARTS) is 1. The van der Waals surface area contributed by atoms with Gasteiger partial charge in [-0.2, -0.15) is 0 Å². The van der Waals surface area contributed by atoms with Crippen LogP contribution in [0.25, 0.3) is 0 Å². The van der Waals surface area contributed by atoms with Gasteiger partial charge in [-0.05, 0) is 38.5 Å². The highest BCUT2D eigenvalue weighted by molar-refractivity contribution is 5.88. The van der Waals surface area contributed by atoms with Gasteiger partial charge >= 0.3 is 5.97 Å². The first kappa shape index (κ1) is 16.9. The van der Waals surface area contributed by atoms with Crippen molar-refractivity contribution in [2.45, 2.75) is 39.4 Å². The van der Waals surface area contributed by atoms with Crippen molar-refractivity contribution in [1.29, 1.82) is 0 Å². The Labute approximate surface area is 136 Å². The van der Waals surface area contributed by atoms with E-state index in [0.29, 0.717) is 11.5 Å². The summed E-state index contributed by atoms with van der Waals surface area (Å²) in [7, 11) is 0. The van der Waals surface area contributed by atoms with E-state index in [9.17, 15) is 9.90 Å². The van der Waals surface area contributed by atoms with Crippen LogP contribution < -0.4 is 9.47 Å². The molecule has 2 rings (SSSR count). The molecule has 0 radical (unpaired) electrons. The largest absolute Gasteiger partial charge is 0.491 e. The third-order valence-corrected chi connectivity index (χ3v) is 3.20. The van der Waals surface area contributed by atoms with E-state index in [1.165, 1.54) is 17.7 Å². The molecule has 4 heteroatoms. The number of benzene rings is 2. The summed E-state index contributed by atoms with van der Waals surface area (Å²) in [5.41, 5.74) is 1.33. The average Bonchev–Trinajstić information content (AvgIpc) is 2.47. The molecule has 0 saturated carbocycles. The molecule has 1 N–H and O–H groups in total. The average molecular weight is 314 g/mol. The van der Waals surface area contributed by atoms with Crippen molar-refractivity contribution in [3.05, 3.63) is 59.7 Å². The Bertz CT molecular complexity index is 650. The molecule has 2 aromatic rings. The topological polar surface area (TPSA) is 55.8 Å². The summed E-state index contributed by atoms with van der Waals surface area (Å²) < 4.78 is 11.5. The maximum atomic E-state index is 11.3. The van der Waals surface area contributed by atoms with E-state index >= 15 is 0 Å². The molecular weight excluding hydrogens is 292 g/mol. The van der Waals surface area contributed by atoms with Crippen LogP contribution in [0, 0.1) is 0 Å². The van der Waals surface area contributed by atoms with Gasteiger partial charge in [0.15, 0.2) is 0 Å². The van der Waals surface area contributed by atoms with Crippen molar-refractivity contribution in [1.82, 2.24) is 0 Å². The van der Waals surface area contributed by atoms with Crippen LogP contribution in [0.1, 0.15) is 36.7 Å². The molecule has 2 aromatic carbocycles. The Morgan fingerprint density at radius 2 is 1.61 bits per heavy atom. The molecule has 0 fully saturated rings. The normalized spacial score (nSPS) is 12.0. The smallest absolute Gasteiger partial charge is 0.335 e. The van der Waals surface area contributed by atoms with Gasteiger partial charge in [0, 0.05) is 12.5 Å². The summed E-state index contributed by atoms with van der Waals surface area (Å²) in [5.74, 6) is 0.00515. The third-order valence-electron chi connectivity index (χ3n) is 3.20. The van der Waals surface area contributed by atoms with Crippen LogP contribution in [0.15, 0.2) is 48.5 Å². The van der Waals surface area contributed by atoms with Crippen molar-refractivity contribution in [2.24, 2.45) is 0 Å². The number of aromatic carboxylic acids is 1. The van der Waals surface area contributed by atoms with Gasteiger partial charge in [0.25, 0.3) is 0 Å². The molecule has 0 amide bonds. The van der Waals surface area contributed by atoms with Gasteiger partial charge in [0.05, 0.1) is 17.8 Å². The molecule has 0 aliphatic heterocycles. The first-order chi connectivity index (χ1) is 10.9. The molecule has 0 bridgehead atoms. The number of hydrogen-bond donors (Lipinski definition) is 1. The zero-order valence-corrected chi connectivity index (χ0v) is 13.7. The molecule has 0 heterocycles. The first-order valence-corrected chi connectivity index (χ1v) is 7.69. The molecule has 0 spiro atoms. The lowest BCUT2D eigenvalue weighted by Gasteiger charge is -2.17. The zero-order valence-electron chi connectivity index (χ0n) is 13.7. The fraction of sp³-hybridized carbons (Fsp3) is 0.316. The molecule has 23 heavy (non-hydrogen) atoms. The molecule has 4 nitrogen and oxygen atoms in total. The lowest BCUT2D eigenvalue weighted by molar-refractivity contribution is 0.0695. The van der Waals surface area contributed by atoms with E-state index in [1.807, 2.05) is 51.1 Å². The maximum Gasteiger partial charge on any atom is 0.335 e. The van der Waals surface area contributed by atoms with Crippen LogP contribution in [0.2, 0.25) is 0 Å². The Morgan fingerprint density at radius 1 is 1.00 bits per heavy atom. The number of carbonyl (C=O) groups is 1. The van der Waals surface area contributed by atoms with E-state index < -0.39 is 5.97 Å². The zero-order chi connectivity index (χ0) is 16.8. The van der Waals surface area contributed by atoms with Crippen LogP contribution >= 0.6 is 0 Å². The molecule has 122 valence electrons. The number of rotatable bonds is 7. The third kappa shape index (κ3) is 5.33. The summed E-state index contributed by atoms with van der Waals surface area (Å²) >= 11 is 0. The monoisotopic (exact) mass is 314 g/mol.